The molecule has 0 aliphatic carbocycles. The molecule has 0 atom stereocenters. The van der Waals surface area contributed by atoms with Crippen molar-refractivity contribution in [3.63, 3.8) is 0 Å². The number of rotatable bonds is 1. The summed E-state index contributed by atoms with van der Waals surface area (Å²) in [4.78, 5) is 0. The average Bonchev–Trinajstić information content (AvgIpc) is 1.88. The van der Waals surface area contributed by atoms with Crippen LogP contribution in [-0.4, -0.2) is 5.04 Å². The molecule has 3 heteroatoms. The van der Waals surface area contributed by atoms with Crippen molar-refractivity contribution in [2.45, 2.75) is 0 Å². The van der Waals surface area contributed by atoms with Crippen molar-refractivity contribution in [3.05, 3.63) is 34.9 Å². The Morgan fingerprint density at radius 3 is 2.60 bits per heavy atom. The van der Waals surface area contributed by atoms with Crippen LogP contribution in [0.2, 0.25) is 5.02 Å². The molecule has 0 bridgehead atoms. The fraction of sp³-hybridized carbons (Fsp3) is 0. The summed E-state index contributed by atoms with van der Waals surface area (Å²) in [6.45, 7) is 0. The summed E-state index contributed by atoms with van der Waals surface area (Å²) in [5.74, 6) is 0. The second-order valence-corrected chi connectivity index (χ2v) is 2.74. The van der Waals surface area contributed by atoms with Crippen LogP contribution in [0.15, 0.2) is 24.3 Å². The van der Waals surface area contributed by atoms with Gasteiger partial charge in [-0.05, 0) is 12.1 Å². The Balaban J connectivity index is 3.07. The summed E-state index contributed by atoms with van der Waals surface area (Å²) in [6.07, 6.45) is 0. The zero-order valence-electron chi connectivity index (χ0n) is 5.13. The van der Waals surface area contributed by atoms with Crippen LogP contribution in [-0.2, 0) is 0 Å². The molecule has 0 saturated carbocycles. The first-order chi connectivity index (χ1) is 4.70. The van der Waals surface area contributed by atoms with Crippen molar-refractivity contribution < 1.29 is 0 Å². The molecule has 0 unspecified atom stereocenters. The van der Waals surface area contributed by atoms with E-state index in [4.69, 9.17) is 17.0 Å². The molecule has 0 fully saturated rings. The van der Waals surface area contributed by atoms with Crippen molar-refractivity contribution in [1.82, 2.24) is 0 Å². The summed E-state index contributed by atoms with van der Waals surface area (Å²) in [5.41, 5.74) is 0.746. The fourth-order valence-electron chi connectivity index (χ4n) is 0.636. The third kappa shape index (κ3) is 1.75. The van der Waals surface area contributed by atoms with Gasteiger partial charge in [-0.1, -0.05) is 23.7 Å². The quantitative estimate of drug-likeness (QED) is 0.369. The van der Waals surface area contributed by atoms with E-state index in [0.29, 0.717) is 5.02 Å². The van der Waals surface area contributed by atoms with Crippen molar-refractivity contribution >= 4 is 29.3 Å². The molecule has 1 N–H and O–H groups in total. The molecular weight excluding hydrogens is 166 g/mol. The molecule has 1 rings (SSSR count). The molecule has 0 saturated heterocycles. The van der Waals surface area contributed by atoms with Gasteiger partial charge in [0.2, 0.25) is 0 Å². The first-order valence-electron chi connectivity index (χ1n) is 2.73. The first kappa shape index (κ1) is 7.63. The van der Waals surface area contributed by atoms with E-state index in [1.807, 2.05) is 0 Å². The Bertz CT molecular complexity index is 260. The Morgan fingerprint density at radius 2 is 2.20 bits per heavy atom. The second kappa shape index (κ2) is 3.08. The topological polar surface area (TPSA) is 23.9 Å². The number of nitrogens with one attached hydrogen (secondary N) is 1. The second-order valence-electron chi connectivity index (χ2n) is 1.86. The van der Waals surface area contributed by atoms with Gasteiger partial charge in [0.15, 0.2) is 0 Å². The monoisotopic (exact) mass is 171 g/mol. The van der Waals surface area contributed by atoms with E-state index in [0.717, 1.165) is 5.56 Å². The maximum absolute atomic E-state index is 7.14. The molecule has 1 aromatic rings. The lowest BCUT2D eigenvalue weighted by molar-refractivity contribution is 1.53. The summed E-state index contributed by atoms with van der Waals surface area (Å²) in [6, 6.07) is 7.06. The summed E-state index contributed by atoms with van der Waals surface area (Å²) in [5, 5.41) is 8.01. The SMILES string of the molecule is N=C(S)c1cccc(Cl)c1. The summed E-state index contributed by atoms with van der Waals surface area (Å²) < 4.78 is 0. The van der Waals surface area contributed by atoms with Gasteiger partial charge in [-0.25, -0.2) is 0 Å². The van der Waals surface area contributed by atoms with Crippen molar-refractivity contribution in [2.24, 2.45) is 0 Å². The lowest BCUT2D eigenvalue weighted by atomic mass is 10.2. The molecular formula is C7H6ClNS. The average molecular weight is 172 g/mol. The predicted octanol–water partition coefficient (Wildman–Crippen LogP) is 2.60. The van der Waals surface area contributed by atoms with Gasteiger partial charge in [0.25, 0.3) is 0 Å². The van der Waals surface area contributed by atoms with Crippen LogP contribution in [0, 0.1) is 5.41 Å². The molecule has 0 amide bonds. The number of hydrogen-bond donors (Lipinski definition) is 2. The maximum Gasteiger partial charge on any atom is 0.0912 e. The summed E-state index contributed by atoms with van der Waals surface area (Å²) >= 11 is 9.52. The van der Waals surface area contributed by atoms with Crippen LogP contribution in [0.5, 0.6) is 0 Å². The third-order valence-electron chi connectivity index (χ3n) is 1.10. The van der Waals surface area contributed by atoms with Gasteiger partial charge in [0.1, 0.15) is 0 Å². The van der Waals surface area contributed by atoms with Gasteiger partial charge >= 0.3 is 0 Å². The minimum atomic E-state index is 0.238. The van der Waals surface area contributed by atoms with Crippen LogP contribution < -0.4 is 0 Å². The van der Waals surface area contributed by atoms with E-state index >= 15 is 0 Å². The van der Waals surface area contributed by atoms with Gasteiger partial charge < -0.3 is 0 Å². The fourth-order valence-corrected chi connectivity index (χ4v) is 0.965. The van der Waals surface area contributed by atoms with E-state index in [2.05, 4.69) is 12.6 Å². The normalized spacial score (nSPS) is 9.40. The Hall–Kier alpha value is -0.470. The van der Waals surface area contributed by atoms with Crippen molar-refractivity contribution in [3.8, 4) is 0 Å². The minimum Gasteiger partial charge on any atom is -0.294 e. The van der Waals surface area contributed by atoms with E-state index in [1.165, 1.54) is 0 Å². The largest absolute Gasteiger partial charge is 0.294 e. The predicted molar refractivity (Wildman–Crippen MR) is 47.3 cm³/mol. The number of hydrogen-bond acceptors (Lipinski definition) is 1. The molecule has 0 aliphatic heterocycles. The molecule has 1 aromatic carbocycles. The highest BCUT2D eigenvalue weighted by atomic mass is 35.5. The smallest absolute Gasteiger partial charge is 0.0912 e. The first-order valence-corrected chi connectivity index (χ1v) is 3.56. The molecule has 0 aromatic heterocycles. The van der Waals surface area contributed by atoms with Gasteiger partial charge in [-0.15, -0.1) is 12.6 Å². The Kier molecular flexibility index (Phi) is 2.35. The van der Waals surface area contributed by atoms with Crippen molar-refractivity contribution in [1.29, 1.82) is 5.41 Å². The highest BCUT2D eigenvalue weighted by molar-refractivity contribution is 7.97. The Labute approximate surface area is 69.9 Å². The minimum absolute atomic E-state index is 0.238. The zero-order chi connectivity index (χ0) is 7.56. The van der Waals surface area contributed by atoms with Crippen LogP contribution >= 0.6 is 24.2 Å². The van der Waals surface area contributed by atoms with Gasteiger partial charge in [0, 0.05) is 10.6 Å². The van der Waals surface area contributed by atoms with Gasteiger partial charge in [0.05, 0.1) is 5.04 Å². The molecule has 52 valence electrons. The summed E-state index contributed by atoms with van der Waals surface area (Å²) in [7, 11) is 0. The van der Waals surface area contributed by atoms with E-state index in [1.54, 1.807) is 24.3 Å². The van der Waals surface area contributed by atoms with Gasteiger partial charge in [-0.2, -0.15) is 0 Å². The van der Waals surface area contributed by atoms with Crippen LogP contribution in [0.1, 0.15) is 5.56 Å². The third-order valence-corrected chi connectivity index (χ3v) is 1.59. The molecule has 1 nitrogen and oxygen atoms in total. The number of thiol groups is 1. The highest BCUT2D eigenvalue weighted by Gasteiger charge is 1.94. The van der Waals surface area contributed by atoms with Gasteiger partial charge in [-0.3, -0.25) is 5.41 Å². The van der Waals surface area contributed by atoms with Crippen LogP contribution in [0.3, 0.4) is 0 Å². The lowest BCUT2D eigenvalue weighted by Gasteiger charge is -1.95. The maximum atomic E-state index is 7.14. The Morgan fingerprint density at radius 1 is 1.50 bits per heavy atom. The van der Waals surface area contributed by atoms with E-state index in [9.17, 15) is 0 Å². The van der Waals surface area contributed by atoms with Crippen LogP contribution in [0.4, 0.5) is 0 Å². The molecule has 0 aliphatic rings. The standard InChI is InChI=1S/C7H6ClNS/c8-6-3-1-2-5(4-6)7(9)10/h1-4H,(H2,9,10). The molecule has 0 spiro atoms. The number of halogens is 1. The lowest BCUT2D eigenvalue weighted by Crippen LogP contribution is -1.86. The number of benzene rings is 1. The van der Waals surface area contributed by atoms with E-state index in [-0.39, 0.29) is 5.04 Å². The van der Waals surface area contributed by atoms with Crippen LogP contribution in [0.25, 0.3) is 0 Å². The molecule has 0 radical (unpaired) electrons. The zero-order valence-corrected chi connectivity index (χ0v) is 6.78. The molecule has 0 heterocycles. The van der Waals surface area contributed by atoms with E-state index < -0.39 is 0 Å². The van der Waals surface area contributed by atoms with Crippen molar-refractivity contribution in [2.75, 3.05) is 0 Å². The highest BCUT2D eigenvalue weighted by Crippen LogP contribution is 2.11. The molecule has 10 heavy (non-hydrogen) atoms.